The lowest BCUT2D eigenvalue weighted by molar-refractivity contribution is 0.0696. The van der Waals surface area contributed by atoms with E-state index < -0.39 is 5.97 Å². The molecule has 1 fully saturated rings. The van der Waals surface area contributed by atoms with Crippen LogP contribution in [-0.2, 0) is 6.54 Å². The van der Waals surface area contributed by atoms with Crippen LogP contribution in [0, 0.1) is 13.8 Å². The predicted octanol–water partition coefficient (Wildman–Crippen LogP) is 6.33. The van der Waals surface area contributed by atoms with E-state index >= 15 is 0 Å². The normalized spacial score (nSPS) is 14.6. The minimum atomic E-state index is -0.958. The molecule has 2 aromatic heterocycles. The summed E-state index contributed by atoms with van der Waals surface area (Å²) >= 11 is 1.72. The number of nitrogens with zero attached hydrogens (tertiary/aromatic N) is 4. The molecule has 10 heteroatoms. The summed E-state index contributed by atoms with van der Waals surface area (Å²) in [7, 11) is 0. The highest BCUT2D eigenvalue weighted by atomic mass is 32.1. The van der Waals surface area contributed by atoms with Crippen molar-refractivity contribution in [3.05, 3.63) is 99.8 Å². The van der Waals surface area contributed by atoms with Crippen molar-refractivity contribution in [2.75, 3.05) is 24.5 Å². The minimum Gasteiger partial charge on any atom is -0.478 e. The molecule has 0 saturated carbocycles. The second kappa shape index (κ2) is 14.5. The van der Waals surface area contributed by atoms with Gasteiger partial charge in [0.05, 0.1) is 22.5 Å². The molecule has 4 aromatic rings. The Morgan fingerprint density at radius 1 is 1.02 bits per heavy atom. The van der Waals surface area contributed by atoms with Gasteiger partial charge in [0.25, 0.3) is 5.91 Å². The van der Waals surface area contributed by atoms with E-state index in [9.17, 15) is 9.59 Å². The number of aromatic carboxylic acids is 1. The second-order valence-corrected chi connectivity index (χ2v) is 12.0. The minimum absolute atomic E-state index is 0.108. The number of aromatic nitrogens is 2. The first kappa shape index (κ1) is 31.2. The van der Waals surface area contributed by atoms with Gasteiger partial charge in [0.15, 0.2) is 0 Å². The molecule has 0 radical (unpaired) electrons. The van der Waals surface area contributed by atoms with Gasteiger partial charge in [-0.3, -0.25) is 4.79 Å². The van der Waals surface area contributed by atoms with Crippen molar-refractivity contribution in [1.82, 2.24) is 20.2 Å². The molecule has 230 valence electrons. The molecule has 1 atom stereocenters. The molecule has 2 aromatic carbocycles. The van der Waals surface area contributed by atoms with Crippen LogP contribution in [0.15, 0.2) is 71.7 Å². The molecule has 0 spiro atoms. The molecular weight excluding hydrogens is 574 g/mol. The van der Waals surface area contributed by atoms with Crippen molar-refractivity contribution < 1.29 is 19.4 Å². The average Bonchev–Trinajstić information content (AvgIpc) is 3.54. The third-order valence-corrected chi connectivity index (χ3v) is 9.03. The first-order valence-corrected chi connectivity index (χ1v) is 15.9. The van der Waals surface area contributed by atoms with E-state index in [0.717, 1.165) is 44.6 Å². The molecule has 3 heterocycles. The average molecular weight is 614 g/mol. The van der Waals surface area contributed by atoms with Crippen molar-refractivity contribution in [1.29, 1.82) is 0 Å². The highest BCUT2D eigenvalue weighted by Crippen LogP contribution is 2.30. The summed E-state index contributed by atoms with van der Waals surface area (Å²) in [5, 5.41) is 16.5. The zero-order valence-corrected chi connectivity index (χ0v) is 26.2. The molecule has 1 amide bonds. The smallest absolute Gasteiger partial charge is 0.335 e. The Kier molecular flexibility index (Phi) is 10.2. The van der Waals surface area contributed by atoms with E-state index in [1.54, 1.807) is 35.6 Å². The zero-order valence-electron chi connectivity index (χ0n) is 25.4. The molecule has 1 aliphatic heterocycles. The number of carbonyl (C=O) groups is 2. The Morgan fingerprint density at radius 2 is 1.66 bits per heavy atom. The Morgan fingerprint density at radius 3 is 2.25 bits per heavy atom. The number of hydrogen-bond acceptors (Lipinski definition) is 8. The number of amides is 1. The number of hydrogen-bond donors (Lipinski definition) is 2. The molecule has 2 N–H and O–H groups in total. The van der Waals surface area contributed by atoms with Crippen LogP contribution in [0.3, 0.4) is 0 Å². The van der Waals surface area contributed by atoms with Gasteiger partial charge in [-0.15, -0.1) is 0 Å². The van der Waals surface area contributed by atoms with Crippen LogP contribution < -0.4 is 15.0 Å². The highest BCUT2D eigenvalue weighted by molar-refractivity contribution is 7.07. The number of anilines is 1. The van der Waals surface area contributed by atoms with Crippen molar-refractivity contribution in [2.24, 2.45) is 0 Å². The number of aryl methyl sites for hydroxylation is 2. The molecule has 1 aliphatic rings. The zero-order chi connectivity index (χ0) is 31.1. The molecular formula is C34H39N5O4S. The fourth-order valence-corrected chi connectivity index (χ4v) is 6.40. The SMILES string of the molecule is Cc1ncnc(C)c1C(=O)NCCC(C)N1CCC(N(Cc2ccsc2)c2ccc(Oc3ccc(C(=O)O)cc3)cc2)CC1. The Labute approximate surface area is 262 Å². The standard InChI is InChI=1S/C34H39N5O4S/c1-23(12-16-35-33(40)32-24(2)36-22-37-25(32)3)38-17-13-29(14-18-38)39(20-26-15-19-44-21-26)28-6-10-31(11-7-28)43-30-8-4-27(5-9-30)34(41)42/h4-11,15,19,21-23,29H,12-14,16-18,20H2,1-3H3,(H,35,40)(H,41,42). The molecule has 0 aliphatic carbocycles. The molecule has 1 unspecified atom stereocenters. The first-order valence-electron chi connectivity index (χ1n) is 15.0. The molecule has 0 bridgehead atoms. The maximum absolute atomic E-state index is 12.7. The summed E-state index contributed by atoms with van der Waals surface area (Å²) in [6.07, 6.45) is 4.47. The Hall–Kier alpha value is -4.28. The molecule has 44 heavy (non-hydrogen) atoms. The van der Waals surface area contributed by atoms with Gasteiger partial charge in [-0.2, -0.15) is 11.3 Å². The van der Waals surface area contributed by atoms with Crippen LogP contribution in [-0.4, -0.2) is 63.6 Å². The number of carboxylic acid groups (broad SMARTS) is 1. The number of piperidine rings is 1. The topological polar surface area (TPSA) is 108 Å². The van der Waals surface area contributed by atoms with Gasteiger partial charge in [0.1, 0.15) is 17.8 Å². The lowest BCUT2D eigenvalue weighted by Gasteiger charge is -2.42. The van der Waals surface area contributed by atoms with Gasteiger partial charge in [0.2, 0.25) is 0 Å². The summed E-state index contributed by atoms with van der Waals surface area (Å²) < 4.78 is 5.97. The van der Waals surface area contributed by atoms with Gasteiger partial charge < -0.3 is 25.0 Å². The lowest BCUT2D eigenvalue weighted by Crippen LogP contribution is -2.48. The molecule has 5 rings (SSSR count). The third kappa shape index (κ3) is 7.81. The van der Waals surface area contributed by atoms with Crippen molar-refractivity contribution in [3.63, 3.8) is 0 Å². The maximum atomic E-state index is 12.7. The predicted molar refractivity (Wildman–Crippen MR) is 173 cm³/mol. The summed E-state index contributed by atoms with van der Waals surface area (Å²) in [5.74, 6) is 0.231. The number of ether oxygens (including phenoxy) is 1. The first-order chi connectivity index (χ1) is 21.3. The highest BCUT2D eigenvalue weighted by Gasteiger charge is 2.27. The third-order valence-electron chi connectivity index (χ3n) is 8.30. The summed E-state index contributed by atoms with van der Waals surface area (Å²) in [6.45, 7) is 9.36. The van der Waals surface area contributed by atoms with Gasteiger partial charge >= 0.3 is 5.97 Å². The van der Waals surface area contributed by atoms with E-state index in [2.05, 4.69) is 61.0 Å². The van der Waals surface area contributed by atoms with E-state index in [0.29, 0.717) is 47.1 Å². The number of carbonyl (C=O) groups excluding carboxylic acids is 1. The van der Waals surface area contributed by atoms with Gasteiger partial charge in [-0.1, -0.05) is 0 Å². The van der Waals surface area contributed by atoms with Crippen molar-refractivity contribution in [3.8, 4) is 11.5 Å². The number of nitrogens with one attached hydrogen (secondary N) is 1. The quantitative estimate of drug-likeness (QED) is 0.191. The number of benzene rings is 2. The van der Waals surface area contributed by atoms with Gasteiger partial charge in [-0.05, 0) is 111 Å². The van der Waals surface area contributed by atoms with Crippen LogP contribution in [0.5, 0.6) is 11.5 Å². The van der Waals surface area contributed by atoms with E-state index in [1.165, 1.54) is 11.9 Å². The Balaban J connectivity index is 1.17. The fraction of sp³-hybridized carbons (Fsp3) is 0.353. The van der Waals surface area contributed by atoms with Crippen molar-refractivity contribution in [2.45, 2.75) is 58.7 Å². The summed E-state index contributed by atoms with van der Waals surface area (Å²) in [6, 6.07) is 17.5. The largest absolute Gasteiger partial charge is 0.478 e. The van der Waals surface area contributed by atoms with Crippen LogP contribution in [0.2, 0.25) is 0 Å². The van der Waals surface area contributed by atoms with E-state index in [1.807, 2.05) is 26.0 Å². The van der Waals surface area contributed by atoms with Gasteiger partial charge in [-0.25, -0.2) is 14.8 Å². The molecule has 9 nitrogen and oxygen atoms in total. The van der Waals surface area contributed by atoms with Crippen molar-refractivity contribution >= 4 is 28.9 Å². The van der Waals surface area contributed by atoms with E-state index in [-0.39, 0.29) is 11.5 Å². The van der Waals surface area contributed by atoms with Crippen LogP contribution in [0.4, 0.5) is 5.69 Å². The maximum Gasteiger partial charge on any atom is 0.335 e. The number of carboxylic acids is 1. The summed E-state index contributed by atoms with van der Waals surface area (Å²) in [5.41, 5.74) is 4.65. The lowest BCUT2D eigenvalue weighted by atomic mass is 9.99. The second-order valence-electron chi connectivity index (χ2n) is 11.3. The fourth-order valence-electron chi connectivity index (χ4n) is 5.74. The number of rotatable bonds is 12. The monoisotopic (exact) mass is 613 g/mol. The van der Waals surface area contributed by atoms with Crippen LogP contribution in [0.1, 0.15) is 63.9 Å². The van der Waals surface area contributed by atoms with Crippen LogP contribution in [0.25, 0.3) is 0 Å². The Bertz CT molecular complexity index is 1510. The number of thiophene rings is 1. The van der Waals surface area contributed by atoms with Crippen LogP contribution >= 0.6 is 11.3 Å². The number of likely N-dealkylation sites (tertiary alicyclic amines) is 1. The van der Waals surface area contributed by atoms with E-state index in [4.69, 9.17) is 9.84 Å². The summed E-state index contributed by atoms with van der Waals surface area (Å²) in [4.78, 5) is 37.2. The molecule has 1 saturated heterocycles. The van der Waals surface area contributed by atoms with Gasteiger partial charge in [0, 0.05) is 44.0 Å².